The summed E-state index contributed by atoms with van der Waals surface area (Å²) in [6.07, 6.45) is 1.67. The van der Waals surface area contributed by atoms with Gasteiger partial charge in [0.15, 0.2) is 0 Å². The minimum absolute atomic E-state index is 0.0328. The molecular formula is C28H30Cl3N3O4S. The van der Waals surface area contributed by atoms with Crippen LogP contribution in [0.2, 0.25) is 15.1 Å². The van der Waals surface area contributed by atoms with Crippen molar-refractivity contribution in [3.8, 4) is 0 Å². The number of unbranched alkanes of at least 4 members (excludes halogenated alkanes) is 1. The second kappa shape index (κ2) is 14.0. The minimum atomic E-state index is -4.18. The van der Waals surface area contributed by atoms with E-state index >= 15 is 0 Å². The minimum Gasteiger partial charge on any atom is -0.354 e. The molecule has 1 N–H and O–H groups in total. The number of hydrogen-bond acceptors (Lipinski definition) is 4. The lowest BCUT2D eigenvalue weighted by Crippen LogP contribution is -2.51. The summed E-state index contributed by atoms with van der Waals surface area (Å²) < 4.78 is 28.5. The van der Waals surface area contributed by atoms with Crippen molar-refractivity contribution in [1.82, 2.24) is 10.2 Å². The quantitative estimate of drug-likeness (QED) is 0.248. The molecular weight excluding hydrogens is 581 g/mol. The highest BCUT2D eigenvalue weighted by Gasteiger charge is 2.33. The first-order valence-corrected chi connectivity index (χ1v) is 15.0. The fourth-order valence-electron chi connectivity index (χ4n) is 3.83. The first kappa shape index (κ1) is 30.8. The molecule has 0 radical (unpaired) electrons. The maximum atomic E-state index is 13.9. The van der Waals surface area contributed by atoms with Gasteiger partial charge in [0.1, 0.15) is 12.6 Å². The zero-order valence-electron chi connectivity index (χ0n) is 21.6. The van der Waals surface area contributed by atoms with E-state index in [1.54, 1.807) is 55.5 Å². The van der Waals surface area contributed by atoms with Crippen molar-refractivity contribution in [1.29, 1.82) is 0 Å². The third kappa shape index (κ3) is 7.88. The summed E-state index contributed by atoms with van der Waals surface area (Å²) >= 11 is 18.8. The van der Waals surface area contributed by atoms with Gasteiger partial charge in [-0.05, 0) is 61.9 Å². The van der Waals surface area contributed by atoms with E-state index in [4.69, 9.17) is 34.8 Å². The Balaban J connectivity index is 2.01. The van der Waals surface area contributed by atoms with Crippen LogP contribution >= 0.6 is 34.8 Å². The highest BCUT2D eigenvalue weighted by atomic mass is 35.5. The molecule has 0 aromatic heterocycles. The van der Waals surface area contributed by atoms with Gasteiger partial charge in [0, 0.05) is 33.7 Å². The molecule has 7 nitrogen and oxygen atoms in total. The number of hydrogen-bond donors (Lipinski definition) is 1. The zero-order valence-corrected chi connectivity index (χ0v) is 24.7. The van der Waals surface area contributed by atoms with Crippen molar-refractivity contribution < 1.29 is 18.0 Å². The van der Waals surface area contributed by atoms with E-state index in [1.165, 1.54) is 29.2 Å². The van der Waals surface area contributed by atoms with Crippen LogP contribution in [0.3, 0.4) is 0 Å². The number of sulfonamides is 1. The summed E-state index contributed by atoms with van der Waals surface area (Å²) in [6, 6.07) is 18.0. The molecule has 0 saturated carbocycles. The van der Waals surface area contributed by atoms with Gasteiger partial charge in [0.2, 0.25) is 11.8 Å². The van der Waals surface area contributed by atoms with Crippen molar-refractivity contribution in [2.24, 2.45) is 0 Å². The van der Waals surface area contributed by atoms with Crippen molar-refractivity contribution >= 4 is 62.3 Å². The number of rotatable bonds is 12. The Morgan fingerprint density at radius 3 is 2.10 bits per heavy atom. The van der Waals surface area contributed by atoms with E-state index in [9.17, 15) is 18.0 Å². The Hall–Kier alpha value is -2.78. The summed E-state index contributed by atoms with van der Waals surface area (Å²) in [5, 5.41) is 3.87. The third-order valence-electron chi connectivity index (χ3n) is 6.11. The number of benzene rings is 3. The molecule has 0 aliphatic carbocycles. The summed E-state index contributed by atoms with van der Waals surface area (Å²) in [7, 11) is -4.18. The number of carbonyl (C=O) groups excluding carboxylic acids is 2. The van der Waals surface area contributed by atoms with Gasteiger partial charge in [0.05, 0.1) is 10.6 Å². The monoisotopic (exact) mass is 609 g/mol. The first-order valence-electron chi connectivity index (χ1n) is 12.4. The van der Waals surface area contributed by atoms with Gasteiger partial charge in [-0.1, -0.05) is 72.4 Å². The Kier molecular flexibility index (Phi) is 11.1. The van der Waals surface area contributed by atoms with Gasteiger partial charge >= 0.3 is 0 Å². The molecule has 0 spiro atoms. The summed E-state index contributed by atoms with van der Waals surface area (Å²) in [4.78, 5) is 28.2. The first-order chi connectivity index (χ1) is 18.6. The van der Waals surface area contributed by atoms with Gasteiger partial charge in [-0.2, -0.15) is 0 Å². The standard InChI is InChI=1S/C28H30Cl3N3O4S/c1-3-4-17-32-28(36)20(2)33(18-24-25(30)11-8-12-26(24)31)27(35)19-34(22-9-6-5-7-10-22)39(37,38)23-15-13-21(29)14-16-23/h5-16,20H,3-4,17-19H2,1-2H3,(H,32,36)/t20-/m0/s1. The van der Waals surface area contributed by atoms with Crippen LogP contribution < -0.4 is 9.62 Å². The Bertz CT molecular complexity index is 1370. The second-order valence-corrected chi connectivity index (χ2v) is 12.0. The molecule has 0 heterocycles. The summed E-state index contributed by atoms with van der Waals surface area (Å²) in [5.41, 5.74) is 0.741. The van der Waals surface area contributed by atoms with Crippen molar-refractivity contribution in [3.05, 3.63) is 93.4 Å². The molecule has 39 heavy (non-hydrogen) atoms. The van der Waals surface area contributed by atoms with E-state index < -0.39 is 28.5 Å². The van der Waals surface area contributed by atoms with E-state index in [-0.39, 0.29) is 23.0 Å². The number of halogens is 3. The van der Waals surface area contributed by atoms with Crippen molar-refractivity contribution in [2.75, 3.05) is 17.4 Å². The van der Waals surface area contributed by atoms with Gasteiger partial charge in [-0.3, -0.25) is 13.9 Å². The van der Waals surface area contributed by atoms with Crippen molar-refractivity contribution in [2.45, 2.75) is 44.2 Å². The van der Waals surface area contributed by atoms with Crippen LogP contribution in [-0.4, -0.2) is 44.3 Å². The lowest BCUT2D eigenvalue weighted by atomic mass is 10.1. The predicted molar refractivity (Wildman–Crippen MR) is 157 cm³/mol. The maximum Gasteiger partial charge on any atom is 0.264 e. The molecule has 3 aromatic rings. The molecule has 0 bridgehead atoms. The Morgan fingerprint density at radius 2 is 1.51 bits per heavy atom. The fourth-order valence-corrected chi connectivity index (χ4v) is 5.89. The van der Waals surface area contributed by atoms with Crippen LogP contribution in [0, 0.1) is 0 Å². The average Bonchev–Trinajstić information content (AvgIpc) is 2.92. The molecule has 0 fully saturated rings. The molecule has 208 valence electrons. The molecule has 0 saturated heterocycles. The highest BCUT2D eigenvalue weighted by molar-refractivity contribution is 7.92. The van der Waals surface area contributed by atoms with Crippen LogP contribution in [-0.2, 0) is 26.2 Å². The van der Waals surface area contributed by atoms with E-state index in [0.29, 0.717) is 27.2 Å². The molecule has 3 aromatic carbocycles. The average molecular weight is 611 g/mol. The molecule has 2 amide bonds. The van der Waals surface area contributed by atoms with Gasteiger partial charge in [-0.15, -0.1) is 0 Å². The molecule has 0 unspecified atom stereocenters. The number of carbonyl (C=O) groups is 2. The molecule has 0 aliphatic heterocycles. The lowest BCUT2D eigenvalue weighted by molar-refractivity contribution is -0.139. The number of amides is 2. The van der Waals surface area contributed by atoms with Crippen LogP contribution in [0.4, 0.5) is 5.69 Å². The summed E-state index contributed by atoms with van der Waals surface area (Å²) in [5.74, 6) is -0.975. The van der Waals surface area contributed by atoms with Crippen molar-refractivity contribution in [3.63, 3.8) is 0 Å². The number of anilines is 1. The number of nitrogens with one attached hydrogen (secondary N) is 1. The number of para-hydroxylation sites is 1. The SMILES string of the molecule is CCCCNC(=O)[C@H](C)N(Cc1c(Cl)cccc1Cl)C(=O)CN(c1ccccc1)S(=O)(=O)c1ccc(Cl)cc1. The highest BCUT2D eigenvalue weighted by Crippen LogP contribution is 2.28. The fraction of sp³-hybridized carbons (Fsp3) is 0.286. The van der Waals surface area contributed by atoms with Gasteiger partial charge < -0.3 is 10.2 Å². The normalized spacial score (nSPS) is 12.0. The molecule has 0 aliphatic rings. The van der Waals surface area contributed by atoms with E-state index in [2.05, 4.69) is 5.32 Å². The van der Waals surface area contributed by atoms with Gasteiger partial charge in [-0.25, -0.2) is 8.42 Å². The van der Waals surface area contributed by atoms with Crippen LogP contribution in [0.1, 0.15) is 32.3 Å². The smallest absolute Gasteiger partial charge is 0.264 e. The largest absolute Gasteiger partial charge is 0.354 e. The Labute approximate surface area is 244 Å². The van der Waals surface area contributed by atoms with Gasteiger partial charge in [0.25, 0.3) is 10.0 Å². The van der Waals surface area contributed by atoms with Crippen LogP contribution in [0.5, 0.6) is 0 Å². The molecule has 1 atom stereocenters. The molecule has 11 heteroatoms. The lowest BCUT2D eigenvalue weighted by Gasteiger charge is -2.32. The zero-order chi connectivity index (χ0) is 28.6. The van der Waals surface area contributed by atoms with Crippen LogP contribution in [0.15, 0.2) is 77.7 Å². The predicted octanol–water partition coefficient (Wildman–Crippen LogP) is 6.18. The number of nitrogens with zero attached hydrogens (tertiary/aromatic N) is 2. The Morgan fingerprint density at radius 1 is 0.897 bits per heavy atom. The van der Waals surface area contributed by atoms with E-state index in [1.807, 2.05) is 6.92 Å². The van der Waals surface area contributed by atoms with E-state index in [0.717, 1.165) is 17.1 Å². The third-order valence-corrected chi connectivity index (χ3v) is 8.86. The maximum absolute atomic E-state index is 13.9. The molecule has 3 rings (SSSR count). The van der Waals surface area contributed by atoms with Crippen LogP contribution in [0.25, 0.3) is 0 Å². The summed E-state index contributed by atoms with van der Waals surface area (Å²) in [6.45, 7) is 3.39. The second-order valence-electron chi connectivity index (χ2n) is 8.84. The topological polar surface area (TPSA) is 86.8 Å².